The molecule has 2 rings (SSSR count). The molecular weight excluding hydrogens is 298 g/mol. The Kier molecular flexibility index (Phi) is 5.32. The van der Waals surface area contributed by atoms with Crippen molar-refractivity contribution in [3.05, 3.63) is 28.2 Å². The number of anilines is 1. The van der Waals surface area contributed by atoms with Crippen LogP contribution in [0.15, 0.2) is 22.7 Å². The van der Waals surface area contributed by atoms with E-state index in [1.165, 1.54) is 47.8 Å². The molecule has 106 valence electrons. The van der Waals surface area contributed by atoms with E-state index in [2.05, 4.69) is 60.2 Å². The third-order valence-corrected chi connectivity index (χ3v) is 5.56. The molecule has 0 aromatic heterocycles. The summed E-state index contributed by atoms with van der Waals surface area (Å²) in [6.07, 6.45) is 6.76. The molecule has 1 saturated carbocycles. The van der Waals surface area contributed by atoms with E-state index in [1.54, 1.807) is 0 Å². The molecule has 1 N–H and O–H groups in total. The summed E-state index contributed by atoms with van der Waals surface area (Å²) in [7, 11) is 0. The summed E-state index contributed by atoms with van der Waals surface area (Å²) < 4.78 is 1.22. The fourth-order valence-corrected chi connectivity index (χ4v) is 3.50. The van der Waals surface area contributed by atoms with Crippen molar-refractivity contribution >= 4 is 21.6 Å². The number of nitrogens with one attached hydrogen (secondary N) is 1. The molecule has 2 atom stereocenters. The first-order chi connectivity index (χ1) is 9.08. The highest BCUT2D eigenvalue weighted by Crippen LogP contribution is 2.32. The molecule has 0 amide bonds. The van der Waals surface area contributed by atoms with Gasteiger partial charge in [0.2, 0.25) is 0 Å². The zero-order valence-corrected chi connectivity index (χ0v) is 14.0. The molecule has 0 spiro atoms. The van der Waals surface area contributed by atoms with Gasteiger partial charge >= 0.3 is 0 Å². The number of aryl methyl sites for hydroxylation is 1. The van der Waals surface area contributed by atoms with E-state index in [1.807, 2.05) is 0 Å². The molecule has 0 radical (unpaired) electrons. The lowest BCUT2D eigenvalue weighted by Gasteiger charge is -2.20. The van der Waals surface area contributed by atoms with Crippen LogP contribution in [-0.4, -0.2) is 6.04 Å². The fourth-order valence-electron chi connectivity index (χ4n) is 3.12. The normalized spacial score (nSPS) is 24.3. The molecule has 1 fully saturated rings. The molecule has 0 heterocycles. The van der Waals surface area contributed by atoms with E-state index in [0.29, 0.717) is 6.04 Å². The Labute approximate surface area is 126 Å². The van der Waals surface area contributed by atoms with Crippen LogP contribution in [0.5, 0.6) is 0 Å². The molecule has 2 unspecified atom stereocenters. The van der Waals surface area contributed by atoms with Crippen molar-refractivity contribution in [2.75, 3.05) is 5.32 Å². The van der Waals surface area contributed by atoms with Gasteiger partial charge in [0.15, 0.2) is 0 Å². The molecular formula is C17H26BrN. The molecule has 1 aromatic rings. The summed E-state index contributed by atoms with van der Waals surface area (Å²) in [5, 5.41) is 3.74. The zero-order chi connectivity index (χ0) is 13.8. The van der Waals surface area contributed by atoms with Crippen LogP contribution < -0.4 is 5.32 Å². The minimum Gasteiger partial charge on any atom is -0.381 e. The number of hydrogen-bond donors (Lipinski definition) is 1. The van der Waals surface area contributed by atoms with Gasteiger partial charge in [-0.3, -0.25) is 0 Å². The van der Waals surface area contributed by atoms with Crippen LogP contribution >= 0.6 is 15.9 Å². The molecule has 1 aromatic carbocycles. The van der Waals surface area contributed by atoms with Crippen LogP contribution in [0, 0.1) is 18.8 Å². The molecule has 1 aliphatic rings. The maximum atomic E-state index is 3.74. The van der Waals surface area contributed by atoms with Crippen LogP contribution in [0.1, 0.15) is 51.5 Å². The lowest BCUT2D eigenvalue weighted by atomic mass is 9.89. The zero-order valence-electron chi connectivity index (χ0n) is 12.4. The van der Waals surface area contributed by atoms with Crippen LogP contribution in [0.3, 0.4) is 0 Å². The van der Waals surface area contributed by atoms with Gasteiger partial charge in [-0.25, -0.2) is 0 Å². The Morgan fingerprint density at radius 1 is 1.16 bits per heavy atom. The van der Waals surface area contributed by atoms with Crippen molar-refractivity contribution in [1.82, 2.24) is 0 Å². The van der Waals surface area contributed by atoms with E-state index in [4.69, 9.17) is 0 Å². The highest BCUT2D eigenvalue weighted by Gasteiger charge is 2.21. The topological polar surface area (TPSA) is 12.0 Å². The first kappa shape index (κ1) is 14.9. The van der Waals surface area contributed by atoms with Gasteiger partial charge in [-0.2, -0.15) is 0 Å². The molecule has 0 aliphatic heterocycles. The summed E-state index contributed by atoms with van der Waals surface area (Å²) >= 11 is 3.70. The monoisotopic (exact) mass is 323 g/mol. The van der Waals surface area contributed by atoms with Crippen molar-refractivity contribution in [3.63, 3.8) is 0 Å². The van der Waals surface area contributed by atoms with E-state index < -0.39 is 0 Å². The first-order valence-electron chi connectivity index (χ1n) is 7.59. The van der Waals surface area contributed by atoms with Gasteiger partial charge in [-0.15, -0.1) is 0 Å². The Hall–Kier alpha value is -0.500. The molecule has 0 saturated heterocycles. The second-order valence-corrected chi connectivity index (χ2v) is 7.08. The summed E-state index contributed by atoms with van der Waals surface area (Å²) in [6.45, 7) is 6.89. The number of rotatable bonds is 3. The van der Waals surface area contributed by atoms with Crippen molar-refractivity contribution in [2.24, 2.45) is 11.8 Å². The summed E-state index contributed by atoms with van der Waals surface area (Å²) in [5.74, 6) is 1.76. The second kappa shape index (κ2) is 6.78. The van der Waals surface area contributed by atoms with Crippen molar-refractivity contribution in [2.45, 2.75) is 58.9 Å². The Bertz CT molecular complexity index is 414. The van der Waals surface area contributed by atoms with Gasteiger partial charge in [-0.05, 0) is 65.6 Å². The SMILES string of the molecule is Cc1cccc(NC2CCCC(C(C)C)CC2)c1Br. The Morgan fingerprint density at radius 3 is 2.68 bits per heavy atom. The quantitative estimate of drug-likeness (QED) is 0.696. The Morgan fingerprint density at radius 2 is 1.95 bits per heavy atom. The smallest absolute Gasteiger partial charge is 0.0489 e. The van der Waals surface area contributed by atoms with E-state index >= 15 is 0 Å². The molecule has 1 aliphatic carbocycles. The Balaban J connectivity index is 1.98. The maximum Gasteiger partial charge on any atom is 0.0489 e. The van der Waals surface area contributed by atoms with E-state index in [9.17, 15) is 0 Å². The van der Waals surface area contributed by atoms with Crippen LogP contribution in [0.4, 0.5) is 5.69 Å². The third kappa shape index (κ3) is 3.98. The molecule has 1 nitrogen and oxygen atoms in total. The van der Waals surface area contributed by atoms with Gasteiger partial charge in [0, 0.05) is 16.2 Å². The van der Waals surface area contributed by atoms with Crippen molar-refractivity contribution < 1.29 is 0 Å². The first-order valence-corrected chi connectivity index (χ1v) is 8.39. The average Bonchev–Trinajstić information content (AvgIpc) is 2.60. The molecule has 0 bridgehead atoms. The van der Waals surface area contributed by atoms with Crippen LogP contribution in [0.25, 0.3) is 0 Å². The highest BCUT2D eigenvalue weighted by atomic mass is 79.9. The molecule has 2 heteroatoms. The predicted octanol–water partition coefficient (Wildman–Crippen LogP) is 5.77. The van der Waals surface area contributed by atoms with Crippen molar-refractivity contribution in [1.29, 1.82) is 0 Å². The highest BCUT2D eigenvalue weighted by molar-refractivity contribution is 9.10. The number of benzene rings is 1. The summed E-state index contributed by atoms with van der Waals surface area (Å²) in [5.41, 5.74) is 2.56. The predicted molar refractivity (Wildman–Crippen MR) is 87.7 cm³/mol. The van der Waals surface area contributed by atoms with Gasteiger partial charge in [0.25, 0.3) is 0 Å². The molecule has 19 heavy (non-hydrogen) atoms. The standard InChI is InChI=1S/C17H26BrN/c1-12(2)14-7-5-8-15(11-10-14)19-16-9-4-6-13(3)17(16)18/h4,6,9,12,14-15,19H,5,7-8,10-11H2,1-3H3. The lowest BCUT2D eigenvalue weighted by molar-refractivity contribution is 0.341. The number of halogens is 1. The minimum atomic E-state index is 0.641. The average molecular weight is 324 g/mol. The van der Waals surface area contributed by atoms with Gasteiger partial charge in [0.1, 0.15) is 0 Å². The summed E-state index contributed by atoms with van der Waals surface area (Å²) in [6, 6.07) is 7.11. The third-order valence-electron chi connectivity index (χ3n) is 4.51. The summed E-state index contributed by atoms with van der Waals surface area (Å²) in [4.78, 5) is 0. The lowest BCUT2D eigenvalue weighted by Crippen LogP contribution is -2.19. The van der Waals surface area contributed by atoms with E-state index in [-0.39, 0.29) is 0 Å². The van der Waals surface area contributed by atoms with E-state index in [0.717, 1.165) is 11.8 Å². The fraction of sp³-hybridized carbons (Fsp3) is 0.647. The minimum absolute atomic E-state index is 0.641. The second-order valence-electron chi connectivity index (χ2n) is 6.29. The van der Waals surface area contributed by atoms with Crippen LogP contribution in [0.2, 0.25) is 0 Å². The number of hydrogen-bond acceptors (Lipinski definition) is 1. The van der Waals surface area contributed by atoms with Crippen molar-refractivity contribution in [3.8, 4) is 0 Å². The van der Waals surface area contributed by atoms with Gasteiger partial charge in [-0.1, -0.05) is 38.8 Å². The van der Waals surface area contributed by atoms with Crippen LogP contribution in [-0.2, 0) is 0 Å². The van der Waals surface area contributed by atoms with Gasteiger partial charge in [0.05, 0.1) is 0 Å². The maximum absolute atomic E-state index is 3.74. The largest absolute Gasteiger partial charge is 0.381 e. The van der Waals surface area contributed by atoms with Gasteiger partial charge < -0.3 is 5.32 Å².